The fourth-order valence-electron chi connectivity index (χ4n) is 3.55. The second-order valence-corrected chi connectivity index (χ2v) is 7.45. The van der Waals surface area contributed by atoms with Crippen molar-refractivity contribution < 1.29 is 9.13 Å². The number of anilines is 5. The minimum Gasteiger partial charge on any atom is -0.493 e. The summed E-state index contributed by atoms with van der Waals surface area (Å²) in [6, 6.07) is 4.91. The van der Waals surface area contributed by atoms with Gasteiger partial charge < -0.3 is 30.6 Å². The van der Waals surface area contributed by atoms with Gasteiger partial charge in [0, 0.05) is 44.0 Å². The number of aromatic amines is 1. The van der Waals surface area contributed by atoms with E-state index in [1.807, 2.05) is 6.07 Å². The van der Waals surface area contributed by atoms with Crippen LogP contribution in [0.15, 0.2) is 48.5 Å². The minimum absolute atomic E-state index is 0.0127. The summed E-state index contributed by atoms with van der Waals surface area (Å²) in [5, 5.41) is 9.34. The van der Waals surface area contributed by atoms with E-state index in [2.05, 4.69) is 53.9 Å². The topological polar surface area (TPSA) is 120 Å². The number of hydrogen-bond donors (Lipinski definition) is 4. The molecule has 0 spiro atoms. The van der Waals surface area contributed by atoms with Gasteiger partial charge in [-0.1, -0.05) is 19.2 Å². The quantitative estimate of drug-likeness (QED) is 0.399. The third-order valence-corrected chi connectivity index (χ3v) is 5.21. The Bertz CT molecular complexity index is 1270. The van der Waals surface area contributed by atoms with Gasteiger partial charge in [-0.15, -0.1) is 0 Å². The van der Waals surface area contributed by atoms with Crippen molar-refractivity contribution in [3.05, 3.63) is 65.4 Å². The molecule has 10 nitrogen and oxygen atoms in total. The Morgan fingerprint density at radius 3 is 2.76 bits per heavy atom. The van der Waals surface area contributed by atoms with Crippen LogP contribution in [-0.2, 0) is 0 Å². The van der Waals surface area contributed by atoms with Gasteiger partial charge in [0.2, 0.25) is 5.95 Å². The first-order chi connectivity index (χ1) is 16.5. The number of nitrogens with one attached hydrogen (secondary N) is 4. The molecule has 1 aliphatic rings. The Hall–Kier alpha value is -4.25. The number of hydrogen-bond acceptors (Lipinski definition) is 9. The Kier molecular flexibility index (Phi) is 6.83. The molecule has 3 aromatic heterocycles. The molecule has 176 valence electrons. The Morgan fingerprint density at radius 2 is 2.06 bits per heavy atom. The van der Waals surface area contributed by atoms with E-state index >= 15 is 0 Å². The lowest BCUT2D eigenvalue weighted by Crippen LogP contribution is -2.44. The van der Waals surface area contributed by atoms with Crippen LogP contribution in [0.2, 0.25) is 0 Å². The van der Waals surface area contributed by atoms with Gasteiger partial charge in [-0.25, -0.2) is 14.4 Å². The highest BCUT2D eigenvalue weighted by Gasteiger charge is 2.17. The summed E-state index contributed by atoms with van der Waals surface area (Å²) in [6.07, 6.45) is 4.66. The molecule has 0 aromatic carbocycles. The molecule has 11 heteroatoms. The third kappa shape index (κ3) is 5.04. The number of aromatic nitrogens is 4. The van der Waals surface area contributed by atoms with E-state index < -0.39 is 11.4 Å². The highest BCUT2D eigenvalue weighted by atomic mass is 19.1. The Balaban J connectivity index is 1.54. The molecule has 0 amide bonds. The lowest BCUT2D eigenvalue weighted by atomic mass is 10.1. The smallest absolute Gasteiger partial charge is 0.272 e. The Morgan fingerprint density at radius 1 is 1.26 bits per heavy atom. The maximum absolute atomic E-state index is 13.6. The van der Waals surface area contributed by atoms with Crippen LogP contribution < -0.4 is 31.1 Å². The predicted octanol–water partition coefficient (Wildman–Crippen LogP) is 3.05. The van der Waals surface area contributed by atoms with Crippen LogP contribution in [0.3, 0.4) is 0 Å². The van der Waals surface area contributed by atoms with Gasteiger partial charge >= 0.3 is 0 Å². The predicted molar refractivity (Wildman–Crippen MR) is 132 cm³/mol. The molecular weight excluding hydrogens is 439 g/mol. The normalized spacial score (nSPS) is 13.3. The van der Waals surface area contributed by atoms with Crippen molar-refractivity contribution in [2.45, 2.75) is 0 Å². The first-order valence-electron chi connectivity index (χ1n) is 10.6. The molecule has 0 bridgehead atoms. The molecule has 4 N–H and O–H groups in total. The van der Waals surface area contributed by atoms with E-state index in [0.29, 0.717) is 22.8 Å². The van der Waals surface area contributed by atoms with Crippen molar-refractivity contribution in [3.8, 4) is 5.75 Å². The molecule has 0 atom stereocenters. The number of nitrogens with zero attached hydrogens (tertiary/aromatic N) is 4. The summed E-state index contributed by atoms with van der Waals surface area (Å²) in [4.78, 5) is 30.2. The van der Waals surface area contributed by atoms with E-state index in [1.54, 1.807) is 19.4 Å². The van der Waals surface area contributed by atoms with Gasteiger partial charge in [-0.05, 0) is 12.1 Å². The number of halogens is 1. The van der Waals surface area contributed by atoms with Crippen molar-refractivity contribution in [2.75, 3.05) is 48.8 Å². The van der Waals surface area contributed by atoms with Gasteiger partial charge in [0.15, 0.2) is 11.6 Å². The molecule has 4 heterocycles. The monoisotopic (exact) mass is 464 g/mol. The summed E-state index contributed by atoms with van der Waals surface area (Å²) in [5.41, 5.74) is 0.676. The molecule has 0 aliphatic carbocycles. The van der Waals surface area contributed by atoms with Crippen LogP contribution in [-0.4, -0.2) is 53.2 Å². The van der Waals surface area contributed by atoms with E-state index in [4.69, 9.17) is 4.74 Å². The van der Waals surface area contributed by atoms with Crippen molar-refractivity contribution >= 4 is 40.9 Å². The first kappa shape index (κ1) is 22.9. The molecule has 1 fully saturated rings. The lowest BCUT2D eigenvalue weighted by Gasteiger charge is -2.29. The number of ether oxygens (including phenoxy) is 1. The molecule has 4 rings (SSSR count). The summed E-state index contributed by atoms with van der Waals surface area (Å²) in [7, 11) is 1.60. The summed E-state index contributed by atoms with van der Waals surface area (Å²) in [6.45, 7) is 10.4. The Labute approximate surface area is 195 Å². The second kappa shape index (κ2) is 10.1. The van der Waals surface area contributed by atoms with Crippen LogP contribution in [0.1, 0.15) is 11.3 Å². The molecule has 34 heavy (non-hydrogen) atoms. The average Bonchev–Trinajstić information content (AvgIpc) is 2.85. The lowest BCUT2D eigenvalue weighted by molar-refractivity contribution is 0.411. The van der Waals surface area contributed by atoms with Gasteiger partial charge in [-0.3, -0.25) is 4.79 Å². The SMILES string of the molecule is C=Cc1cc(Nc2ccnc(Nc3cnc(N4CCNCC4)c(OC)c3)n2)c(=O)[nH]c1C(=C)F. The molecule has 0 saturated carbocycles. The van der Waals surface area contributed by atoms with Crippen molar-refractivity contribution in [1.29, 1.82) is 0 Å². The zero-order valence-corrected chi connectivity index (χ0v) is 18.7. The number of H-pyrrole nitrogens is 1. The summed E-state index contributed by atoms with van der Waals surface area (Å²) in [5.74, 6) is 1.32. The van der Waals surface area contributed by atoms with Gasteiger partial charge in [0.1, 0.15) is 17.3 Å². The maximum atomic E-state index is 13.6. The average molecular weight is 465 g/mol. The zero-order chi connectivity index (χ0) is 24.1. The minimum atomic E-state index is -0.751. The number of methoxy groups -OCH3 is 1. The van der Waals surface area contributed by atoms with Crippen LogP contribution in [0, 0.1) is 0 Å². The number of rotatable bonds is 8. The van der Waals surface area contributed by atoms with Crippen molar-refractivity contribution in [3.63, 3.8) is 0 Å². The molecule has 1 saturated heterocycles. The van der Waals surface area contributed by atoms with Crippen molar-refractivity contribution in [1.82, 2.24) is 25.3 Å². The fourth-order valence-corrected chi connectivity index (χ4v) is 3.55. The number of pyridine rings is 2. The highest BCUT2D eigenvalue weighted by Crippen LogP contribution is 2.30. The standard InChI is InChI=1S/C23H25FN8O2/c1-4-15-11-17(22(33)31-20(15)14(2)24)29-19-5-6-26-23(30-19)28-16-12-18(34-3)21(27-13-16)32-9-7-25-8-10-32/h4-6,11-13,25H,1-2,7-10H2,3H3,(H,31,33)(H2,26,28,29,30). The van der Waals surface area contributed by atoms with Crippen LogP contribution in [0.25, 0.3) is 11.9 Å². The molecule has 3 aromatic rings. The molecular formula is C23H25FN8O2. The van der Waals surface area contributed by atoms with Crippen LogP contribution >= 0.6 is 0 Å². The number of piperazine rings is 1. The molecule has 0 radical (unpaired) electrons. The first-order valence-corrected chi connectivity index (χ1v) is 10.6. The third-order valence-electron chi connectivity index (χ3n) is 5.21. The van der Waals surface area contributed by atoms with Crippen LogP contribution in [0.4, 0.5) is 33.3 Å². The van der Waals surface area contributed by atoms with E-state index in [0.717, 1.165) is 32.0 Å². The summed E-state index contributed by atoms with van der Waals surface area (Å²) >= 11 is 0. The fraction of sp³-hybridized carbons (Fsp3) is 0.217. The van der Waals surface area contributed by atoms with E-state index in [1.165, 1.54) is 18.3 Å². The largest absolute Gasteiger partial charge is 0.493 e. The van der Waals surface area contributed by atoms with Gasteiger partial charge in [0.25, 0.3) is 5.56 Å². The maximum Gasteiger partial charge on any atom is 0.272 e. The van der Waals surface area contributed by atoms with Gasteiger partial charge in [-0.2, -0.15) is 4.98 Å². The van der Waals surface area contributed by atoms with Gasteiger partial charge in [0.05, 0.1) is 24.7 Å². The van der Waals surface area contributed by atoms with E-state index in [-0.39, 0.29) is 17.3 Å². The molecule has 1 aliphatic heterocycles. The highest BCUT2D eigenvalue weighted by molar-refractivity contribution is 5.70. The second-order valence-electron chi connectivity index (χ2n) is 7.45. The zero-order valence-electron chi connectivity index (χ0n) is 18.7. The van der Waals surface area contributed by atoms with Crippen LogP contribution in [0.5, 0.6) is 5.75 Å². The molecule has 0 unspecified atom stereocenters. The van der Waals surface area contributed by atoms with E-state index in [9.17, 15) is 9.18 Å². The summed E-state index contributed by atoms with van der Waals surface area (Å²) < 4.78 is 19.1. The van der Waals surface area contributed by atoms with Crippen molar-refractivity contribution in [2.24, 2.45) is 0 Å².